The molecule has 0 aliphatic carbocycles. The van der Waals surface area contributed by atoms with Gasteiger partial charge in [0, 0.05) is 12.4 Å². The van der Waals surface area contributed by atoms with E-state index in [2.05, 4.69) is 11.6 Å². The van der Waals surface area contributed by atoms with Crippen LogP contribution in [-0.2, 0) is 0 Å². The van der Waals surface area contributed by atoms with E-state index in [0.717, 1.165) is 6.42 Å². The Hall–Kier alpha value is -0.590. The average molecular weight is 143 g/mol. The molecular formula is C9H21N. The predicted molar refractivity (Wildman–Crippen MR) is 51.7 cm³/mol. The third-order valence-corrected chi connectivity index (χ3v) is 0.393. The van der Waals surface area contributed by atoms with Crippen LogP contribution >= 0.6 is 0 Å². The van der Waals surface area contributed by atoms with Crippen molar-refractivity contribution in [2.24, 2.45) is 4.99 Å². The Morgan fingerprint density at radius 1 is 1.20 bits per heavy atom. The zero-order chi connectivity index (χ0) is 8.83. The Kier molecular flexibility index (Phi) is 64.3. The van der Waals surface area contributed by atoms with Crippen molar-refractivity contribution in [3.8, 4) is 0 Å². The monoisotopic (exact) mass is 143 g/mol. The van der Waals surface area contributed by atoms with Crippen LogP contribution in [0.5, 0.6) is 0 Å². The Labute approximate surface area is 65.9 Å². The highest BCUT2D eigenvalue weighted by Crippen LogP contribution is 1.67. The van der Waals surface area contributed by atoms with Gasteiger partial charge in [0.25, 0.3) is 0 Å². The van der Waals surface area contributed by atoms with Gasteiger partial charge in [-0.2, -0.15) is 0 Å². The maximum absolute atomic E-state index is 3.73. The van der Waals surface area contributed by atoms with Crippen LogP contribution in [0.4, 0.5) is 0 Å². The molecule has 0 radical (unpaired) electrons. The lowest BCUT2D eigenvalue weighted by Crippen LogP contribution is -1.59. The molecule has 0 rings (SSSR count). The van der Waals surface area contributed by atoms with Crippen molar-refractivity contribution < 1.29 is 0 Å². The zero-order valence-corrected chi connectivity index (χ0v) is 8.02. The zero-order valence-electron chi connectivity index (χ0n) is 8.02. The maximum Gasteiger partial charge on any atom is 0.0191 e. The number of nitrogens with zero attached hydrogens (tertiary/aromatic N) is 1. The molecule has 1 heteroatoms. The maximum atomic E-state index is 3.73. The quantitative estimate of drug-likeness (QED) is 0.523. The third kappa shape index (κ3) is 52.4. The standard InChI is InChI=1S/C5H9N.2C2H6/c1-3-5-6-4-2;2*1-2/h4-5H,2-3H2,1H3;2*1-2H3. The number of hydrogen-bond acceptors (Lipinski definition) is 1. The Balaban J connectivity index is -0.000000105. The van der Waals surface area contributed by atoms with Crippen LogP contribution in [0.25, 0.3) is 0 Å². The van der Waals surface area contributed by atoms with E-state index in [4.69, 9.17) is 0 Å². The van der Waals surface area contributed by atoms with Crippen LogP contribution in [0.2, 0.25) is 0 Å². The van der Waals surface area contributed by atoms with Crippen LogP contribution in [0.15, 0.2) is 17.8 Å². The molecule has 0 aromatic heterocycles. The summed E-state index contributed by atoms with van der Waals surface area (Å²) < 4.78 is 0. The minimum atomic E-state index is 0.992. The molecule has 0 atom stereocenters. The molecule has 0 bridgehead atoms. The molecule has 0 aromatic rings. The van der Waals surface area contributed by atoms with E-state index in [0.29, 0.717) is 0 Å². The molecule has 0 aliphatic rings. The van der Waals surface area contributed by atoms with Gasteiger partial charge in [0.05, 0.1) is 0 Å². The van der Waals surface area contributed by atoms with E-state index < -0.39 is 0 Å². The first-order valence-corrected chi connectivity index (χ1v) is 4.04. The normalized spacial score (nSPS) is 6.90. The summed E-state index contributed by atoms with van der Waals surface area (Å²) in [7, 11) is 0. The number of hydrogen-bond donors (Lipinski definition) is 0. The van der Waals surface area contributed by atoms with E-state index in [1.807, 2.05) is 40.8 Å². The highest BCUT2D eigenvalue weighted by atomic mass is 14.6. The first-order valence-electron chi connectivity index (χ1n) is 4.04. The molecule has 0 saturated carbocycles. The van der Waals surface area contributed by atoms with Gasteiger partial charge in [-0.1, -0.05) is 41.2 Å². The van der Waals surface area contributed by atoms with Crippen LogP contribution in [0, 0.1) is 0 Å². The van der Waals surface area contributed by atoms with Crippen molar-refractivity contribution in [2.45, 2.75) is 41.0 Å². The van der Waals surface area contributed by atoms with E-state index in [1.165, 1.54) is 6.20 Å². The number of rotatable bonds is 2. The van der Waals surface area contributed by atoms with Crippen molar-refractivity contribution in [3.05, 3.63) is 12.8 Å². The van der Waals surface area contributed by atoms with Gasteiger partial charge in [-0.05, 0) is 6.42 Å². The second-order valence-electron chi connectivity index (χ2n) is 0.922. The molecule has 10 heavy (non-hydrogen) atoms. The molecule has 0 heterocycles. The van der Waals surface area contributed by atoms with Crippen molar-refractivity contribution in [2.75, 3.05) is 0 Å². The summed E-state index contributed by atoms with van der Waals surface area (Å²) in [5, 5.41) is 0. The van der Waals surface area contributed by atoms with Gasteiger partial charge >= 0.3 is 0 Å². The summed E-state index contributed by atoms with van der Waals surface area (Å²) in [6.45, 7) is 13.4. The van der Waals surface area contributed by atoms with Crippen molar-refractivity contribution in [1.29, 1.82) is 0 Å². The van der Waals surface area contributed by atoms with Gasteiger partial charge in [0.1, 0.15) is 0 Å². The molecule has 0 unspecified atom stereocenters. The van der Waals surface area contributed by atoms with Gasteiger partial charge in [-0.25, -0.2) is 0 Å². The van der Waals surface area contributed by atoms with E-state index in [1.54, 1.807) is 0 Å². The van der Waals surface area contributed by atoms with E-state index in [9.17, 15) is 0 Å². The lowest BCUT2D eigenvalue weighted by atomic mass is 10.5. The summed E-state index contributed by atoms with van der Waals surface area (Å²) in [5.41, 5.74) is 0. The summed E-state index contributed by atoms with van der Waals surface area (Å²) >= 11 is 0. The minimum absolute atomic E-state index is 0.992. The number of aliphatic imine (C=N–C) groups is 1. The molecule has 0 amide bonds. The highest BCUT2D eigenvalue weighted by Gasteiger charge is 1.55. The predicted octanol–water partition coefficient (Wildman–Crippen LogP) is 3.66. The van der Waals surface area contributed by atoms with Gasteiger partial charge in [0.15, 0.2) is 0 Å². The highest BCUT2D eigenvalue weighted by molar-refractivity contribution is 5.57. The minimum Gasteiger partial charge on any atom is -0.270 e. The fourth-order valence-corrected chi connectivity index (χ4v) is 0.180. The lowest BCUT2D eigenvalue weighted by molar-refractivity contribution is 1.31. The Morgan fingerprint density at radius 3 is 1.70 bits per heavy atom. The molecule has 0 N–H and O–H groups in total. The van der Waals surface area contributed by atoms with Gasteiger partial charge in [0.2, 0.25) is 0 Å². The summed E-state index contributed by atoms with van der Waals surface area (Å²) in [4.78, 5) is 3.73. The summed E-state index contributed by atoms with van der Waals surface area (Å²) in [6.07, 6.45) is 4.34. The van der Waals surface area contributed by atoms with E-state index in [-0.39, 0.29) is 0 Å². The SMILES string of the molecule is C=CN=CCC.CC.CC. The third-order valence-electron chi connectivity index (χ3n) is 0.393. The molecule has 0 saturated heterocycles. The first kappa shape index (κ1) is 16.2. The fourth-order valence-electron chi connectivity index (χ4n) is 0.180. The smallest absolute Gasteiger partial charge is 0.0191 e. The molecule has 0 aliphatic heterocycles. The Morgan fingerprint density at radius 2 is 1.60 bits per heavy atom. The van der Waals surface area contributed by atoms with Crippen LogP contribution in [-0.4, -0.2) is 6.21 Å². The van der Waals surface area contributed by atoms with Gasteiger partial charge in [-0.15, -0.1) is 0 Å². The summed E-state index contributed by atoms with van der Waals surface area (Å²) in [6, 6.07) is 0. The Bertz CT molecular complexity index is 55.7. The average Bonchev–Trinajstić information content (AvgIpc) is 2.08. The van der Waals surface area contributed by atoms with Crippen molar-refractivity contribution in [1.82, 2.24) is 0 Å². The molecule has 1 nitrogen and oxygen atoms in total. The fraction of sp³-hybridized carbons (Fsp3) is 0.667. The molecule has 62 valence electrons. The summed E-state index contributed by atoms with van der Waals surface area (Å²) in [5.74, 6) is 0. The van der Waals surface area contributed by atoms with Crippen LogP contribution in [0.1, 0.15) is 41.0 Å². The molecule has 0 fully saturated rings. The first-order chi connectivity index (χ1) is 4.91. The molecular weight excluding hydrogens is 122 g/mol. The van der Waals surface area contributed by atoms with Gasteiger partial charge in [-0.3, -0.25) is 4.99 Å². The molecule has 0 spiro atoms. The van der Waals surface area contributed by atoms with Crippen LogP contribution in [0.3, 0.4) is 0 Å². The molecule has 0 aromatic carbocycles. The van der Waals surface area contributed by atoms with Crippen molar-refractivity contribution in [3.63, 3.8) is 0 Å². The lowest BCUT2D eigenvalue weighted by Gasteiger charge is -1.68. The second kappa shape index (κ2) is 39.7. The van der Waals surface area contributed by atoms with Crippen molar-refractivity contribution >= 4 is 6.21 Å². The topological polar surface area (TPSA) is 12.4 Å². The second-order valence-corrected chi connectivity index (χ2v) is 0.922. The largest absolute Gasteiger partial charge is 0.270 e. The van der Waals surface area contributed by atoms with E-state index >= 15 is 0 Å². The van der Waals surface area contributed by atoms with Crippen LogP contribution < -0.4 is 0 Å². The van der Waals surface area contributed by atoms with Gasteiger partial charge < -0.3 is 0 Å².